The van der Waals surface area contributed by atoms with Gasteiger partial charge in [0, 0.05) is 11.9 Å². The molecule has 1 rings (SSSR count). The Hall–Kier alpha value is -1.82. The summed E-state index contributed by atoms with van der Waals surface area (Å²) in [6.07, 6.45) is 1.31. The zero-order chi connectivity index (χ0) is 12.6. The zero-order valence-electron chi connectivity index (χ0n) is 8.25. The number of carbonyl (C=O) groups is 1. The molecule has 1 N–H and O–H groups in total. The highest BCUT2D eigenvalue weighted by Gasteiger charge is 2.08. The Balaban J connectivity index is 0.000000487. The number of aromatic carboxylic acids is 1. The fraction of sp³-hybridized carbons (Fsp3) is 0.111. The van der Waals surface area contributed by atoms with Crippen molar-refractivity contribution in [3.63, 3.8) is 0 Å². The molecule has 0 amide bonds. The van der Waals surface area contributed by atoms with E-state index in [1.54, 1.807) is 0 Å². The molecule has 0 aliphatic carbocycles. The summed E-state index contributed by atoms with van der Waals surface area (Å²) >= 11 is -2.49. The van der Waals surface area contributed by atoms with E-state index in [4.69, 9.17) is 9.90 Å². The van der Waals surface area contributed by atoms with Crippen LogP contribution < -0.4 is 0 Å². The molecule has 0 radical (unpaired) electrons. The van der Waals surface area contributed by atoms with Crippen molar-refractivity contribution in [2.24, 2.45) is 4.99 Å². The zero-order valence-corrected chi connectivity index (χ0v) is 9.06. The number of nitrogens with zero attached hydrogens (tertiary/aromatic N) is 1. The lowest BCUT2D eigenvalue weighted by molar-refractivity contribution is 0.0692. The number of hydrogen-bond donors (Lipinski definition) is 1. The van der Waals surface area contributed by atoms with Crippen LogP contribution in [0.15, 0.2) is 34.2 Å². The molecule has 1 aromatic rings. The molecule has 86 valence electrons. The number of hydrogen-bond acceptors (Lipinski definition) is 5. The first-order chi connectivity index (χ1) is 7.54. The van der Waals surface area contributed by atoms with Crippen LogP contribution in [0.4, 0.5) is 0 Å². The summed E-state index contributed by atoms with van der Waals surface area (Å²) in [5.74, 6) is -1.24. The van der Waals surface area contributed by atoms with Crippen LogP contribution in [0.5, 0.6) is 0 Å². The Bertz CT molecular complexity index is 406. The van der Waals surface area contributed by atoms with Crippen molar-refractivity contribution in [2.75, 3.05) is 7.05 Å². The van der Waals surface area contributed by atoms with E-state index in [1.165, 1.54) is 37.4 Å². The monoisotopic (exact) mass is 242 g/mol. The van der Waals surface area contributed by atoms with Crippen LogP contribution in [0, 0.1) is 0 Å². The minimum atomic E-state index is -2.49. The Morgan fingerprint density at radius 1 is 1.50 bits per heavy atom. The molecular formula is C9H8NO5S-. The van der Waals surface area contributed by atoms with Gasteiger partial charge in [-0.15, -0.1) is 0 Å². The van der Waals surface area contributed by atoms with Crippen LogP contribution >= 0.6 is 0 Å². The topological polar surface area (TPSA) is 107 Å². The number of rotatable bonds is 2. The van der Waals surface area contributed by atoms with E-state index >= 15 is 0 Å². The van der Waals surface area contributed by atoms with E-state index in [9.17, 15) is 13.6 Å². The smallest absolute Gasteiger partial charge is 0.336 e. The average molecular weight is 242 g/mol. The molecule has 7 heteroatoms. The van der Waals surface area contributed by atoms with Crippen molar-refractivity contribution in [3.8, 4) is 0 Å². The Kier molecular flexibility index (Phi) is 6.62. The third kappa shape index (κ3) is 4.61. The van der Waals surface area contributed by atoms with Gasteiger partial charge in [0.15, 0.2) is 0 Å². The highest BCUT2D eigenvalue weighted by molar-refractivity contribution is 7.79. The van der Waals surface area contributed by atoms with Crippen molar-refractivity contribution in [1.82, 2.24) is 0 Å². The second-order valence-corrected chi connectivity index (χ2v) is 3.26. The number of carboxylic acids is 1. The molecule has 0 aromatic heterocycles. The maximum Gasteiger partial charge on any atom is 0.336 e. The van der Waals surface area contributed by atoms with Crippen LogP contribution in [-0.2, 0) is 15.9 Å². The van der Waals surface area contributed by atoms with Crippen molar-refractivity contribution < 1.29 is 23.5 Å². The SMILES string of the molecule is CN=C=O.O=C(O)c1ccccc1S(=O)[O-]. The van der Waals surface area contributed by atoms with Crippen molar-refractivity contribution in [3.05, 3.63) is 29.8 Å². The number of isocyanates is 1. The Morgan fingerprint density at radius 2 is 2.00 bits per heavy atom. The molecule has 0 aliphatic rings. The van der Waals surface area contributed by atoms with Gasteiger partial charge >= 0.3 is 5.97 Å². The third-order valence-electron chi connectivity index (χ3n) is 1.39. The molecule has 6 nitrogen and oxygen atoms in total. The van der Waals surface area contributed by atoms with Gasteiger partial charge in [-0.25, -0.2) is 14.6 Å². The molecule has 0 spiro atoms. The maximum atomic E-state index is 10.5. The van der Waals surface area contributed by atoms with E-state index in [-0.39, 0.29) is 10.5 Å². The molecule has 0 fully saturated rings. The van der Waals surface area contributed by atoms with Gasteiger partial charge in [-0.2, -0.15) is 0 Å². The maximum absolute atomic E-state index is 10.5. The van der Waals surface area contributed by atoms with Crippen LogP contribution in [0.25, 0.3) is 0 Å². The van der Waals surface area contributed by atoms with Crippen molar-refractivity contribution in [2.45, 2.75) is 4.90 Å². The van der Waals surface area contributed by atoms with Gasteiger partial charge in [0.05, 0.1) is 5.56 Å². The number of benzene rings is 1. The molecule has 0 aliphatic heterocycles. The second kappa shape index (κ2) is 7.47. The van der Waals surface area contributed by atoms with Gasteiger partial charge in [0.25, 0.3) is 0 Å². The number of carbonyl (C=O) groups excluding carboxylic acids is 1. The fourth-order valence-corrected chi connectivity index (χ4v) is 1.31. The number of aliphatic imine (C=N–C) groups is 1. The molecule has 1 unspecified atom stereocenters. The van der Waals surface area contributed by atoms with E-state index < -0.39 is 17.0 Å². The van der Waals surface area contributed by atoms with Crippen molar-refractivity contribution >= 4 is 23.1 Å². The first kappa shape index (κ1) is 14.2. The second-order valence-electron chi connectivity index (χ2n) is 2.35. The van der Waals surface area contributed by atoms with Gasteiger partial charge in [0.2, 0.25) is 6.08 Å². The lowest BCUT2D eigenvalue weighted by Gasteiger charge is -2.07. The molecule has 16 heavy (non-hydrogen) atoms. The Morgan fingerprint density at radius 3 is 2.31 bits per heavy atom. The lowest BCUT2D eigenvalue weighted by atomic mass is 10.2. The predicted molar refractivity (Wildman–Crippen MR) is 54.6 cm³/mol. The average Bonchev–Trinajstić information content (AvgIpc) is 2.29. The highest BCUT2D eigenvalue weighted by Crippen LogP contribution is 2.11. The van der Waals surface area contributed by atoms with Gasteiger partial charge in [0.1, 0.15) is 0 Å². The van der Waals surface area contributed by atoms with Crippen LogP contribution in [0.3, 0.4) is 0 Å². The molecule has 0 heterocycles. The summed E-state index contributed by atoms with van der Waals surface area (Å²) in [5, 5.41) is 8.54. The van der Waals surface area contributed by atoms with E-state index in [0.717, 1.165) is 0 Å². The Labute approximate surface area is 93.9 Å². The molecule has 0 saturated heterocycles. The van der Waals surface area contributed by atoms with Gasteiger partial charge < -0.3 is 9.66 Å². The predicted octanol–water partition coefficient (Wildman–Crippen LogP) is 0.575. The third-order valence-corrected chi connectivity index (χ3v) is 2.10. The first-order valence-corrected chi connectivity index (χ1v) is 4.99. The van der Waals surface area contributed by atoms with Crippen molar-refractivity contribution in [1.29, 1.82) is 0 Å². The molecule has 0 saturated carbocycles. The van der Waals surface area contributed by atoms with Gasteiger partial charge in [-0.3, -0.25) is 4.21 Å². The van der Waals surface area contributed by atoms with Crippen LogP contribution in [-0.4, -0.2) is 33.0 Å². The highest BCUT2D eigenvalue weighted by atomic mass is 32.2. The van der Waals surface area contributed by atoms with E-state index in [0.29, 0.717) is 0 Å². The molecule has 0 bridgehead atoms. The molecular weight excluding hydrogens is 234 g/mol. The van der Waals surface area contributed by atoms with Crippen LogP contribution in [0.2, 0.25) is 0 Å². The minimum absolute atomic E-state index is 0.190. The largest absolute Gasteiger partial charge is 0.768 e. The molecule has 1 aromatic carbocycles. The van der Waals surface area contributed by atoms with Gasteiger partial charge in [-0.05, 0) is 23.2 Å². The lowest BCUT2D eigenvalue weighted by Crippen LogP contribution is -2.03. The molecule has 1 atom stereocenters. The summed E-state index contributed by atoms with van der Waals surface area (Å²) in [6.45, 7) is 0. The van der Waals surface area contributed by atoms with E-state index in [2.05, 4.69) is 4.99 Å². The normalized spacial score (nSPS) is 10.4. The van der Waals surface area contributed by atoms with Gasteiger partial charge in [-0.1, -0.05) is 12.1 Å². The number of carboxylic acid groups (broad SMARTS) is 1. The van der Waals surface area contributed by atoms with Crippen LogP contribution in [0.1, 0.15) is 10.4 Å². The minimum Gasteiger partial charge on any atom is -0.768 e. The standard InChI is InChI=1S/C7H6O4S.C2H3NO/c8-7(9)5-3-1-2-4-6(5)12(10)11;1-3-2-4/h1-4H,(H,8,9)(H,10,11);1H3/p-1. The first-order valence-electron chi connectivity index (χ1n) is 3.92. The fourth-order valence-electron chi connectivity index (χ4n) is 0.789. The quantitative estimate of drug-likeness (QED) is 0.463. The summed E-state index contributed by atoms with van der Waals surface area (Å²) in [4.78, 5) is 22.1. The summed E-state index contributed by atoms with van der Waals surface area (Å²) < 4.78 is 20.9. The van der Waals surface area contributed by atoms with E-state index in [1.807, 2.05) is 0 Å². The summed E-state index contributed by atoms with van der Waals surface area (Å²) in [7, 11) is 1.38. The summed E-state index contributed by atoms with van der Waals surface area (Å²) in [6, 6.07) is 5.43. The summed E-state index contributed by atoms with van der Waals surface area (Å²) in [5.41, 5.74) is -0.203.